The van der Waals surface area contributed by atoms with Crippen LogP contribution in [0.1, 0.15) is 68.1 Å². The molecule has 2 rings (SSSR count). The van der Waals surface area contributed by atoms with Crippen molar-refractivity contribution < 1.29 is 14.3 Å². The van der Waals surface area contributed by atoms with Crippen LogP contribution in [0, 0.1) is 6.92 Å². The molecule has 0 amide bonds. The largest absolute Gasteiger partial charge is 0.407 e. The average Bonchev–Trinajstić information content (AvgIpc) is 3.03. The quantitative estimate of drug-likeness (QED) is 0.502. The first-order chi connectivity index (χ1) is 12.7. The highest BCUT2D eigenvalue weighted by molar-refractivity contribution is 6.32. The summed E-state index contributed by atoms with van der Waals surface area (Å²) in [4.78, 5) is 25.0. The zero-order valence-electron chi connectivity index (χ0n) is 16.6. The Balaban J connectivity index is 2.60. The molecule has 5 nitrogen and oxygen atoms in total. The van der Waals surface area contributed by atoms with Gasteiger partial charge in [0.15, 0.2) is 5.78 Å². The van der Waals surface area contributed by atoms with E-state index in [0.717, 1.165) is 22.3 Å². The molecule has 0 aliphatic rings. The number of hydrogen-bond donors (Lipinski definition) is 0. The van der Waals surface area contributed by atoms with Gasteiger partial charge in [0.25, 0.3) is 0 Å². The lowest BCUT2D eigenvalue weighted by atomic mass is 9.92. The van der Waals surface area contributed by atoms with Crippen molar-refractivity contribution in [3.05, 3.63) is 51.2 Å². The zero-order chi connectivity index (χ0) is 20.3. The number of benzene rings is 1. The number of rotatable bonds is 6. The fraction of sp³-hybridized carbons (Fsp3) is 0.381. The Kier molecular flexibility index (Phi) is 6.60. The van der Waals surface area contributed by atoms with Gasteiger partial charge in [-0.05, 0) is 63.5 Å². The molecular formula is C21H25ClN2O3. The monoisotopic (exact) mass is 388 g/mol. The normalized spacial score (nSPS) is 10.6. The number of ketones is 1. The molecule has 0 bridgehead atoms. The summed E-state index contributed by atoms with van der Waals surface area (Å²) < 4.78 is 6.89. The number of hydrogen-bond acceptors (Lipinski definition) is 4. The van der Waals surface area contributed by atoms with E-state index in [-0.39, 0.29) is 23.6 Å². The van der Waals surface area contributed by atoms with E-state index < -0.39 is 5.97 Å². The number of esters is 1. The number of aryl methyl sites for hydroxylation is 1. The minimum absolute atomic E-state index is 0.184. The minimum Gasteiger partial charge on any atom is -0.407 e. The number of allylic oxidation sites excluding steroid dienone is 2. The summed E-state index contributed by atoms with van der Waals surface area (Å²) in [6.45, 7) is 11.9. The van der Waals surface area contributed by atoms with E-state index in [1.54, 1.807) is 19.1 Å². The van der Waals surface area contributed by atoms with E-state index in [1.807, 2.05) is 34.6 Å². The lowest BCUT2D eigenvalue weighted by Crippen LogP contribution is -2.14. The standard InChI is InChI=1S/C21H25ClN2O3/c1-7-18(25)27-21-16(11-23-24(21)8-2)20(26)15-9-10-17(22)19(14(15)6)13(5)12(3)4/h9-11H,7-8H2,1-6H3. The maximum absolute atomic E-state index is 13.2. The number of nitrogens with zero attached hydrogens (tertiary/aromatic N) is 2. The molecule has 0 unspecified atom stereocenters. The molecule has 144 valence electrons. The lowest BCUT2D eigenvalue weighted by Gasteiger charge is -2.15. The molecule has 0 radical (unpaired) electrons. The maximum atomic E-state index is 13.2. The maximum Gasteiger partial charge on any atom is 0.312 e. The minimum atomic E-state index is -0.409. The Morgan fingerprint density at radius 2 is 1.81 bits per heavy atom. The van der Waals surface area contributed by atoms with Gasteiger partial charge >= 0.3 is 5.97 Å². The van der Waals surface area contributed by atoms with Crippen LogP contribution in [0.2, 0.25) is 5.02 Å². The molecule has 27 heavy (non-hydrogen) atoms. The second kappa shape index (κ2) is 8.53. The highest BCUT2D eigenvalue weighted by atomic mass is 35.5. The van der Waals surface area contributed by atoms with E-state index in [2.05, 4.69) is 5.10 Å². The number of carbonyl (C=O) groups excluding carboxylic acids is 2. The van der Waals surface area contributed by atoms with Gasteiger partial charge in [0.05, 0.1) is 6.20 Å². The van der Waals surface area contributed by atoms with Crippen LogP contribution in [0.3, 0.4) is 0 Å². The topological polar surface area (TPSA) is 61.2 Å². The third-order valence-electron chi connectivity index (χ3n) is 4.62. The summed E-state index contributed by atoms with van der Waals surface area (Å²) in [6.07, 6.45) is 1.66. The molecule has 1 heterocycles. The first kappa shape index (κ1) is 20.9. The van der Waals surface area contributed by atoms with Gasteiger partial charge < -0.3 is 4.74 Å². The van der Waals surface area contributed by atoms with E-state index >= 15 is 0 Å². The summed E-state index contributed by atoms with van der Waals surface area (Å²) in [6, 6.07) is 3.43. The van der Waals surface area contributed by atoms with Crippen LogP contribution < -0.4 is 4.74 Å². The number of carbonyl (C=O) groups is 2. The Bertz CT molecular complexity index is 922. The summed E-state index contributed by atoms with van der Waals surface area (Å²) in [5.74, 6) is -0.470. The van der Waals surface area contributed by atoms with Crippen LogP contribution in [0.4, 0.5) is 0 Å². The van der Waals surface area contributed by atoms with E-state index in [0.29, 0.717) is 17.1 Å². The Hall–Kier alpha value is -2.40. The van der Waals surface area contributed by atoms with E-state index in [9.17, 15) is 9.59 Å². The van der Waals surface area contributed by atoms with Crippen molar-refractivity contribution in [2.75, 3.05) is 0 Å². The predicted octanol–water partition coefficient (Wildman–Crippen LogP) is 5.22. The van der Waals surface area contributed by atoms with Crippen molar-refractivity contribution >= 4 is 28.9 Å². The van der Waals surface area contributed by atoms with Gasteiger partial charge in [0.1, 0.15) is 5.56 Å². The molecule has 0 spiro atoms. The smallest absolute Gasteiger partial charge is 0.312 e. The Morgan fingerprint density at radius 1 is 1.15 bits per heavy atom. The molecule has 1 aromatic heterocycles. The molecule has 0 saturated heterocycles. The summed E-state index contributed by atoms with van der Waals surface area (Å²) >= 11 is 6.41. The molecule has 2 aromatic rings. The zero-order valence-corrected chi connectivity index (χ0v) is 17.4. The summed E-state index contributed by atoms with van der Waals surface area (Å²) in [7, 11) is 0. The van der Waals surface area contributed by atoms with Crippen LogP contribution in [-0.2, 0) is 11.3 Å². The van der Waals surface area contributed by atoms with Gasteiger partial charge in [-0.1, -0.05) is 24.1 Å². The van der Waals surface area contributed by atoms with Crippen molar-refractivity contribution in [2.24, 2.45) is 0 Å². The fourth-order valence-electron chi connectivity index (χ4n) is 2.82. The fourth-order valence-corrected chi connectivity index (χ4v) is 3.17. The first-order valence-corrected chi connectivity index (χ1v) is 9.35. The van der Waals surface area contributed by atoms with Gasteiger partial charge in [-0.2, -0.15) is 5.10 Å². The first-order valence-electron chi connectivity index (χ1n) is 8.97. The molecule has 0 aliphatic heterocycles. The van der Waals surface area contributed by atoms with Gasteiger partial charge in [-0.25, -0.2) is 4.68 Å². The lowest BCUT2D eigenvalue weighted by molar-refractivity contribution is -0.134. The third-order valence-corrected chi connectivity index (χ3v) is 4.93. The number of halogens is 1. The average molecular weight is 389 g/mol. The highest BCUT2D eigenvalue weighted by Crippen LogP contribution is 2.33. The Labute approximate surface area is 165 Å². The third kappa shape index (κ3) is 4.14. The molecule has 6 heteroatoms. The summed E-state index contributed by atoms with van der Waals surface area (Å²) in [5, 5.41) is 4.79. The van der Waals surface area contributed by atoms with Gasteiger partial charge in [-0.3, -0.25) is 9.59 Å². The molecule has 0 aliphatic carbocycles. The highest BCUT2D eigenvalue weighted by Gasteiger charge is 2.24. The van der Waals surface area contributed by atoms with Crippen LogP contribution in [-0.4, -0.2) is 21.5 Å². The van der Waals surface area contributed by atoms with Crippen LogP contribution in [0.25, 0.3) is 5.57 Å². The SMILES string of the molecule is CCC(=O)Oc1c(C(=O)c2ccc(Cl)c(C(C)=C(C)C)c2C)cnn1CC. The van der Waals surface area contributed by atoms with Crippen molar-refractivity contribution in [1.29, 1.82) is 0 Å². The molecular weight excluding hydrogens is 364 g/mol. The van der Waals surface area contributed by atoms with E-state index in [4.69, 9.17) is 16.3 Å². The van der Waals surface area contributed by atoms with Crippen LogP contribution in [0.5, 0.6) is 5.88 Å². The number of ether oxygens (including phenoxy) is 1. The second-order valence-corrected chi connectivity index (χ2v) is 6.96. The van der Waals surface area contributed by atoms with Gasteiger partial charge in [0.2, 0.25) is 5.88 Å². The van der Waals surface area contributed by atoms with Crippen LogP contribution in [0.15, 0.2) is 23.9 Å². The number of aromatic nitrogens is 2. The second-order valence-electron chi connectivity index (χ2n) is 6.56. The molecule has 0 fully saturated rings. The summed E-state index contributed by atoms with van der Waals surface area (Å²) in [5.41, 5.74) is 4.60. The predicted molar refractivity (Wildman–Crippen MR) is 107 cm³/mol. The Morgan fingerprint density at radius 3 is 2.37 bits per heavy atom. The van der Waals surface area contributed by atoms with Crippen molar-refractivity contribution in [2.45, 2.75) is 54.5 Å². The van der Waals surface area contributed by atoms with Crippen molar-refractivity contribution in [1.82, 2.24) is 9.78 Å². The van der Waals surface area contributed by atoms with Crippen molar-refractivity contribution in [3.63, 3.8) is 0 Å². The molecule has 1 aromatic carbocycles. The molecule has 0 N–H and O–H groups in total. The molecule has 0 atom stereocenters. The van der Waals surface area contributed by atoms with Gasteiger partial charge in [0, 0.05) is 23.6 Å². The van der Waals surface area contributed by atoms with Gasteiger partial charge in [-0.15, -0.1) is 0 Å². The van der Waals surface area contributed by atoms with E-state index in [1.165, 1.54) is 10.9 Å². The van der Waals surface area contributed by atoms with Crippen molar-refractivity contribution in [3.8, 4) is 5.88 Å². The molecule has 0 saturated carbocycles. The van der Waals surface area contributed by atoms with Crippen LogP contribution >= 0.6 is 11.6 Å².